The predicted molar refractivity (Wildman–Crippen MR) is 114 cm³/mol. The summed E-state index contributed by atoms with van der Waals surface area (Å²) in [5.74, 6) is 1.25. The molecule has 0 bridgehead atoms. The number of H-pyrrole nitrogens is 1. The van der Waals surface area contributed by atoms with Crippen molar-refractivity contribution >= 4 is 17.5 Å². The molecule has 1 aromatic carbocycles. The van der Waals surface area contributed by atoms with Crippen molar-refractivity contribution in [2.24, 2.45) is 5.41 Å². The minimum Gasteiger partial charge on any atom is -0.336 e. The lowest BCUT2D eigenvalue weighted by Crippen LogP contribution is -2.38. The zero-order chi connectivity index (χ0) is 20.7. The van der Waals surface area contributed by atoms with Crippen molar-refractivity contribution in [2.45, 2.75) is 45.1 Å². The van der Waals surface area contributed by atoms with Gasteiger partial charge in [-0.05, 0) is 42.9 Å². The molecule has 3 aromatic rings. The van der Waals surface area contributed by atoms with Crippen molar-refractivity contribution in [3.63, 3.8) is 0 Å². The molecule has 156 valence electrons. The fourth-order valence-electron chi connectivity index (χ4n) is 4.96. The van der Waals surface area contributed by atoms with Gasteiger partial charge in [-0.25, -0.2) is 0 Å². The number of likely N-dealkylation sites (tertiary alicyclic amines) is 1. The van der Waals surface area contributed by atoms with Crippen LogP contribution < -0.4 is 0 Å². The zero-order valence-corrected chi connectivity index (χ0v) is 17.8. The number of hydrogen-bond acceptors (Lipinski definition) is 4. The Morgan fingerprint density at radius 3 is 2.93 bits per heavy atom. The van der Waals surface area contributed by atoms with Gasteiger partial charge in [0.15, 0.2) is 0 Å². The largest absolute Gasteiger partial charge is 0.336 e. The van der Waals surface area contributed by atoms with Crippen molar-refractivity contribution in [2.75, 3.05) is 13.1 Å². The first-order valence-electron chi connectivity index (χ1n) is 10.6. The monoisotopic (exact) mass is 424 g/mol. The topological polar surface area (TPSA) is 79.7 Å². The summed E-state index contributed by atoms with van der Waals surface area (Å²) in [6.07, 6.45) is 6.34. The molecular formula is C22H25ClN6O. The number of nitrogens with one attached hydrogen (secondary N) is 1. The highest BCUT2D eigenvalue weighted by molar-refractivity contribution is 6.30. The second-order valence-corrected chi connectivity index (χ2v) is 8.95. The molecule has 1 amide bonds. The Morgan fingerprint density at radius 2 is 2.20 bits per heavy atom. The Kier molecular flexibility index (Phi) is 4.85. The molecule has 8 heteroatoms. The molecule has 2 aromatic heterocycles. The van der Waals surface area contributed by atoms with E-state index in [-0.39, 0.29) is 17.2 Å². The molecular weight excluding hydrogens is 400 g/mol. The number of amides is 1. The lowest BCUT2D eigenvalue weighted by molar-refractivity contribution is 0.0718. The number of carbonyl (C=O) groups excluding carboxylic acids is 1. The molecule has 1 N–H and O–H groups in total. The van der Waals surface area contributed by atoms with Crippen LogP contribution in [0.4, 0.5) is 0 Å². The summed E-state index contributed by atoms with van der Waals surface area (Å²) < 4.78 is 2.16. The smallest absolute Gasteiger partial charge is 0.271 e. The molecule has 1 spiro atoms. The number of nitrogens with zero attached hydrogens (tertiary/aromatic N) is 5. The van der Waals surface area contributed by atoms with E-state index in [9.17, 15) is 4.79 Å². The second kappa shape index (κ2) is 7.54. The van der Waals surface area contributed by atoms with Gasteiger partial charge in [0.25, 0.3) is 5.91 Å². The van der Waals surface area contributed by atoms with Crippen molar-refractivity contribution < 1.29 is 4.79 Å². The maximum Gasteiger partial charge on any atom is 0.271 e. The van der Waals surface area contributed by atoms with E-state index in [4.69, 9.17) is 11.6 Å². The lowest BCUT2D eigenvalue weighted by Gasteiger charge is -2.42. The highest BCUT2D eigenvalue weighted by atomic mass is 35.5. The van der Waals surface area contributed by atoms with E-state index in [1.807, 2.05) is 41.6 Å². The van der Waals surface area contributed by atoms with Crippen LogP contribution in [0.1, 0.15) is 54.8 Å². The maximum absolute atomic E-state index is 13.3. The van der Waals surface area contributed by atoms with Crippen LogP contribution in [0, 0.1) is 5.41 Å². The van der Waals surface area contributed by atoms with Gasteiger partial charge in [0.1, 0.15) is 17.8 Å². The number of benzene rings is 1. The van der Waals surface area contributed by atoms with Gasteiger partial charge in [0, 0.05) is 36.1 Å². The lowest BCUT2D eigenvalue weighted by atomic mass is 9.62. The molecule has 5 rings (SSSR count). The molecule has 2 fully saturated rings. The SMILES string of the molecule is CCCn1cnnc1C1CN(C(=O)c2cc(-c3cccc(Cl)c3)n[nH]2)CC12CCC2. The summed E-state index contributed by atoms with van der Waals surface area (Å²) in [5, 5.41) is 16.5. The van der Waals surface area contributed by atoms with E-state index in [0.717, 1.165) is 49.4 Å². The standard InChI is InChI=1S/C22H25ClN6O/c1-2-9-28-14-24-27-20(28)17-12-29(13-22(17)7-4-8-22)21(30)19-11-18(25-26-19)15-5-3-6-16(23)10-15/h3,5-6,10-11,14,17H,2,4,7-9,12-13H2,1H3,(H,25,26). The van der Waals surface area contributed by atoms with Crippen LogP contribution >= 0.6 is 11.6 Å². The molecule has 1 saturated carbocycles. The van der Waals surface area contributed by atoms with Crippen LogP contribution in [0.25, 0.3) is 11.3 Å². The van der Waals surface area contributed by atoms with E-state index < -0.39 is 0 Å². The highest BCUT2D eigenvalue weighted by Crippen LogP contribution is 2.55. The van der Waals surface area contributed by atoms with Gasteiger partial charge in [0.2, 0.25) is 0 Å². The first-order valence-corrected chi connectivity index (χ1v) is 11.0. The van der Waals surface area contributed by atoms with E-state index in [0.29, 0.717) is 17.3 Å². The van der Waals surface area contributed by atoms with Gasteiger partial charge < -0.3 is 9.47 Å². The molecule has 7 nitrogen and oxygen atoms in total. The van der Waals surface area contributed by atoms with Crippen LogP contribution in [0.3, 0.4) is 0 Å². The summed E-state index contributed by atoms with van der Waals surface area (Å²) in [7, 11) is 0. The van der Waals surface area contributed by atoms with Gasteiger partial charge in [0.05, 0.1) is 5.69 Å². The molecule has 1 atom stereocenters. The Labute approximate surface area is 180 Å². The molecule has 1 aliphatic heterocycles. The van der Waals surface area contributed by atoms with Crippen LogP contribution in [0.2, 0.25) is 5.02 Å². The zero-order valence-electron chi connectivity index (χ0n) is 17.0. The summed E-state index contributed by atoms with van der Waals surface area (Å²) >= 11 is 6.10. The first-order chi connectivity index (χ1) is 14.6. The Balaban J connectivity index is 1.39. The number of rotatable bonds is 5. The molecule has 1 aliphatic carbocycles. The fraction of sp³-hybridized carbons (Fsp3) is 0.455. The quantitative estimate of drug-likeness (QED) is 0.667. The minimum absolute atomic E-state index is 0.00823. The summed E-state index contributed by atoms with van der Waals surface area (Å²) in [6, 6.07) is 9.30. The average molecular weight is 425 g/mol. The van der Waals surface area contributed by atoms with Crippen LogP contribution in [0.5, 0.6) is 0 Å². The van der Waals surface area contributed by atoms with Gasteiger partial charge >= 0.3 is 0 Å². The number of aromatic nitrogens is 5. The third-order valence-electron chi connectivity index (χ3n) is 6.63. The van der Waals surface area contributed by atoms with Crippen molar-refractivity contribution in [1.29, 1.82) is 0 Å². The first kappa shape index (κ1) is 19.3. The molecule has 0 radical (unpaired) electrons. The average Bonchev–Trinajstić information content (AvgIpc) is 3.45. The number of halogens is 1. The minimum atomic E-state index is -0.00823. The summed E-state index contributed by atoms with van der Waals surface area (Å²) in [5.41, 5.74) is 2.25. The molecule has 2 aliphatic rings. The van der Waals surface area contributed by atoms with Gasteiger partial charge in [-0.1, -0.05) is 37.1 Å². The number of hydrogen-bond donors (Lipinski definition) is 1. The number of carbonyl (C=O) groups is 1. The fourth-order valence-corrected chi connectivity index (χ4v) is 5.15. The second-order valence-electron chi connectivity index (χ2n) is 8.51. The molecule has 1 saturated heterocycles. The van der Waals surface area contributed by atoms with Gasteiger partial charge in [-0.15, -0.1) is 10.2 Å². The van der Waals surface area contributed by atoms with Crippen LogP contribution in [0.15, 0.2) is 36.7 Å². The third kappa shape index (κ3) is 3.21. The van der Waals surface area contributed by atoms with E-state index in [1.54, 1.807) is 0 Å². The summed E-state index contributed by atoms with van der Waals surface area (Å²) in [6.45, 7) is 4.50. The van der Waals surface area contributed by atoms with E-state index in [2.05, 4.69) is 31.9 Å². The maximum atomic E-state index is 13.3. The molecule has 3 heterocycles. The van der Waals surface area contributed by atoms with E-state index >= 15 is 0 Å². The Morgan fingerprint density at radius 1 is 1.33 bits per heavy atom. The Hall–Kier alpha value is -2.67. The molecule has 30 heavy (non-hydrogen) atoms. The van der Waals surface area contributed by atoms with Crippen molar-refractivity contribution in [1.82, 2.24) is 29.9 Å². The Bertz CT molecular complexity index is 1070. The molecule has 1 unspecified atom stereocenters. The number of aromatic amines is 1. The normalized spacial score (nSPS) is 19.9. The van der Waals surface area contributed by atoms with Crippen molar-refractivity contribution in [3.05, 3.63) is 53.2 Å². The van der Waals surface area contributed by atoms with Crippen LogP contribution in [-0.2, 0) is 6.54 Å². The van der Waals surface area contributed by atoms with Gasteiger partial charge in [-0.2, -0.15) is 5.10 Å². The summed E-state index contributed by atoms with van der Waals surface area (Å²) in [4.78, 5) is 15.3. The number of aryl methyl sites for hydroxylation is 1. The third-order valence-corrected chi connectivity index (χ3v) is 6.87. The highest BCUT2D eigenvalue weighted by Gasteiger charge is 2.53. The van der Waals surface area contributed by atoms with Crippen molar-refractivity contribution in [3.8, 4) is 11.3 Å². The van der Waals surface area contributed by atoms with E-state index in [1.165, 1.54) is 6.42 Å². The predicted octanol–water partition coefficient (Wildman–Crippen LogP) is 4.14. The van der Waals surface area contributed by atoms with Gasteiger partial charge in [-0.3, -0.25) is 9.89 Å². The van der Waals surface area contributed by atoms with Crippen LogP contribution in [-0.4, -0.2) is 48.9 Å².